The molecule has 1 heterocycles. The maximum atomic E-state index is 11.8. The van der Waals surface area contributed by atoms with Crippen molar-refractivity contribution in [3.05, 3.63) is 71.3 Å². The molecule has 1 aliphatic heterocycles. The molecule has 1 N–H and O–H groups in total. The van der Waals surface area contributed by atoms with E-state index in [9.17, 15) is 4.79 Å². The van der Waals surface area contributed by atoms with Crippen LogP contribution in [0.15, 0.2) is 54.6 Å². The number of hydrogen-bond donors (Lipinski definition) is 1. The van der Waals surface area contributed by atoms with Crippen molar-refractivity contribution in [1.29, 1.82) is 0 Å². The molecule has 96 valence electrons. The summed E-state index contributed by atoms with van der Waals surface area (Å²) >= 11 is 0. The molecule has 19 heavy (non-hydrogen) atoms. The summed E-state index contributed by atoms with van der Waals surface area (Å²) < 4.78 is 0. The molecule has 0 spiro atoms. The van der Waals surface area contributed by atoms with E-state index >= 15 is 0 Å². The molecule has 0 radical (unpaired) electrons. The minimum Gasteiger partial charge on any atom is -0.349 e. The Hall–Kier alpha value is -2.09. The third-order valence-corrected chi connectivity index (χ3v) is 3.87. The van der Waals surface area contributed by atoms with Crippen LogP contribution >= 0.6 is 0 Å². The van der Waals surface area contributed by atoms with Crippen LogP contribution in [0, 0.1) is 6.92 Å². The highest BCUT2D eigenvalue weighted by Gasteiger charge is 2.34. The second-order valence-electron chi connectivity index (χ2n) is 5.12. The largest absolute Gasteiger partial charge is 0.349 e. The van der Waals surface area contributed by atoms with Gasteiger partial charge in [-0.2, -0.15) is 0 Å². The Kier molecular flexibility index (Phi) is 3.08. The van der Waals surface area contributed by atoms with Crippen molar-refractivity contribution in [2.75, 3.05) is 0 Å². The molecule has 3 rings (SSSR count). The van der Waals surface area contributed by atoms with Crippen molar-refractivity contribution in [2.45, 2.75) is 25.3 Å². The van der Waals surface area contributed by atoms with Crippen LogP contribution in [0.1, 0.15) is 35.1 Å². The smallest absolute Gasteiger partial charge is 0.221 e. The van der Waals surface area contributed by atoms with E-state index in [4.69, 9.17) is 0 Å². The van der Waals surface area contributed by atoms with E-state index in [-0.39, 0.29) is 17.9 Å². The monoisotopic (exact) mass is 251 g/mol. The van der Waals surface area contributed by atoms with Crippen molar-refractivity contribution in [3.8, 4) is 0 Å². The molecule has 2 nitrogen and oxygen atoms in total. The van der Waals surface area contributed by atoms with E-state index in [1.807, 2.05) is 30.3 Å². The normalized spacial score (nSPS) is 22.3. The highest BCUT2D eigenvalue weighted by Crippen LogP contribution is 2.39. The molecule has 0 saturated carbocycles. The Balaban J connectivity index is 2.00. The first-order valence-corrected chi connectivity index (χ1v) is 6.65. The average molecular weight is 251 g/mol. The number of carbonyl (C=O) groups is 1. The molecule has 0 bridgehead atoms. The lowest BCUT2D eigenvalue weighted by atomic mass is 9.86. The lowest BCUT2D eigenvalue weighted by Crippen LogP contribution is -2.20. The van der Waals surface area contributed by atoms with Crippen LogP contribution in [0.3, 0.4) is 0 Å². The first kappa shape index (κ1) is 12.0. The van der Waals surface area contributed by atoms with E-state index < -0.39 is 0 Å². The van der Waals surface area contributed by atoms with Crippen LogP contribution < -0.4 is 5.32 Å². The Morgan fingerprint density at radius 3 is 2.42 bits per heavy atom. The van der Waals surface area contributed by atoms with Gasteiger partial charge in [-0.3, -0.25) is 4.79 Å². The van der Waals surface area contributed by atoms with Gasteiger partial charge in [0.1, 0.15) is 0 Å². The molecule has 1 aliphatic rings. The molecule has 2 heteroatoms. The van der Waals surface area contributed by atoms with Gasteiger partial charge in [-0.1, -0.05) is 54.6 Å². The first-order chi connectivity index (χ1) is 9.25. The molecule has 0 aliphatic carbocycles. The zero-order chi connectivity index (χ0) is 13.2. The third-order valence-electron chi connectivity index (χ3n) is 3.87. The summed E-state index contributed by atoms with van der Waals surface area (Å²) in [5, 5.41) is 3.11. The topological polar surface area (TPSA) is 29.1 Å². The van der Waals surface area contributed by atoms with Gasteiger partial charge in [-0.15, -0.1) is 0 Å². The van der Waals surface area contributed by atoms with Gasteiger partial charge >= 0.3 is 0 Å². The van der Waals surface area contributed by atoms with Gasteiger partial charge in [0.25, 0.3) is 0 Å². The fourth-order valence-electron chi connectivity index (χ4n) is 2.92. The maximum absolute atomic E-state index is 11.8. The molecule has 1 amide bonds. The second kappa shape index (κ2) is 4.88. The number of nitrogens with one attached hydrogen (secondary N) is 1. The summed E-state index contributed by atoms with van der Waals surface area (Å²) in [4.78, 5) is 11.8. The standard InChI is InChI=1S/C17H17NO/c1-12-7-5-6-10-14(12)15-11-16(19)18-17(15)13-8-3-2-4-9-13/h2-10,15,17H,11H2,1H3,(H,18,19). The molecule has 1 saturated heterocycles. The van der Waals surface area contributed by atoms with E-state index in [0.29, 0.717) is 6.42 Å². The van der Waals surface area contributed by atoms with Gasteiger partial charge in [0.05, 0.1) is 6.04 Å². The zero-order valence-electron chi connectivity index (χ0n) is 11.0. The van der Waals surface area contributed by atoms with Crippen LogP contribution in [-0.4, -0.2) is 5.91 Å². The molecule has 0 aromatic heterocycles. The van der Waals surface area contributed by atoms with Gasteiger partial charge in [-0.25, -0.2) is 0 Å². The first-order valence-electron chi connectivity index (χ1n) is 6.65. The van der Waals surface area contributed by atoms with Crippen LogP contribution in [0.5, 0.6) is 0 Å². The van der Waals surface area contributed by atoms with Gasteiger partial charge in [0, 0.05) is 12.3 Å². The number of rotatable bonds is 2. The molecule has 2 aromatic carbocycles. The Morgan fingerprint density at radius 2 is 1.68 bits per heavy atom. The summed E-state index contributed by atoms with van der Waals surface area (Å²) in [6, 6.07) is 18.6. The number of amides is 1. The van der Waals surface area contributed by atoms with Gasteiger partial charge in [0.15, 0.2) is 0 Å². The van der Waals surface area contributed by atoms with Gasteiger partial charge in [0.2, 0.25) is 5.91 Å². The van der Waals surface area contributed by atoms with Crippen LogP contribution in [-0.2, 0) is 4.79 Å². The predicted molar refractivity (Wildman–Crippen MR) is 75.9 cm³/mol. The van der Waals surface area contributed by atoms with Crippen molar-refractivity contribution < 1.29 is 4.79 Å². The molecule has 2 atom stereocenters. The maximum Gasteiger partial charge on any atom is 0.221 e. The van der Waals surface area contributed by atoms with E-state index in [1.54, 1.807) is 0 Å². The Bertz CT molecular complexity index is 591. The molecular formula is C17H17NO. The zero-order valence-corrected chi connectivity index (χ0v) is 11.0. The summed E-state index contributed by atoms with van der Waals surface area (Å²) in [6.45, 7) is 2.11. The fraction of sp³-hybridized carbons (Fsp3) is 0.235. The van der Waals surface area contributed by atoms with Crippen LogP contribution in [0.25, 0.3) is 0 Å². The average Bonchev–Trinajstić information content (AvgIpc) is 2.82. The van der Waals surface area contributed by atoms with Crippen molar-refractivity contribution in [3.63, 3.8) is 0 Å². The Morgan fingerprint density at radius 1 is 1.00 bits per heavy atom. The van der Waals surface area contributed by atoms with Crippen LogP contribution in [0.2, 0.25) is 0 Å². The predicted octanol–water partition coefficient (Wildman–Crippen LogP) is 3.34. The molecule has 1 fully saturated rings. The van der Waals surface area contributed by atoms with E-state index in [1.165, 1.54) is 16.7 Å². The summed E-state index contributed by atoms with van der Waals surface area (Å²) in [7, 11) is 0. The minimum atomic E-state index is 0.0924. The quantitative estimate of drug-likeness (QED) is 0.871. The molecular weight excluding hydrogens is 234 g/mol. The lowest BCUT2D eigenvalue weighted by Gasteiger charge is -2.21. The molecule has 2 aromatic rings. The summed E-state index contributed by atoms with van der Waals surface area (Å²) in [5.41, 5.74) is 3.71. The Labute approximate surface area is 113 Å². The number of hydrogen-bond acceptors (Lipinski definition) is 1. The number of carbonyl (C=O) groups excluding carboxylic acids is 1. The highest BCUT2D eigenvalue weighted by molar-refractivity contribution is 5.80. The highest BCUT2D eigenvalue weighted by atomic mass is 16.2. The number of benzene rings is 2. The van der Waals surface area contributed by atoms with Crippen molar-refractivity contribution >= 4 is 5.91 Å². The van der Waals surface area contributed by atoms with E-state index in [0.717, 1.165) is 0 Å². The third kappa shape index (κ3) is 2.26. The lowest BCUT2D eigenvalue weighted by molar-refractivity contribution is -0.119. The SMILES string of the molecule is Cc1ccccc1C1CC(=O)NC1c1ccccc1. The van der Waals surface area contributed by atoms with E-state index in [2.05, 4.69) is 36.5 Å². The molecule has 2 unspecified atom stereocenters. The van der Waals surface area contributed by atoms with Crippen molar-refractivity contribution in [1.82, 2.24) is 5.32 Å². The summed E-state index contributed by atoms with van der Waals surface area (Å²) in [5.74, 6) is 0.373. The number of aryl methyl sites for hydroxylation is 1. The van der Waals surface area contributed by atoms with Gasteiger partial charge in [-0.05, 0) is 23.6 Å². The van der Waals surface area contributed by atoms with Crippen molar-refractivity contribution in [2.24, 2.45) is 0 Å². The van der Waals surface area contributed by atoms with Crippen LogP contribution in [0.4, 0.5) is 0 Å². The van der Waals surface area contributed by atoms with Gasteiger partial charge < -0.3 is 5.32 Å². The fourth-order valence-corrected chi connectivity index (χ4v) is 2.92. The summed E-state index contributed by atoms with van der Waals surface area (Å²) in [6.07, 6.45) is 0.574. The minimum absolute atomic E-state index is 0.0924. The second-order valence-corrected chi connectivity index (χ2v) is 5.12.